The van der Waals surface area contributed by atoms with E-state index >= 15 is 0 Å². The average Bonchev–Trinajstić information content (AvgIpc) is 2.73. The van der Waals surface area contributed by atoms with Gasteiger partial charge in [-0.15, -0.1) is 0 Å². The molecular formula is C19H29N5O2. The highest BCUT2D eigenvalue weighted by Gasteiger charge is 2.32. The Kier molecular flexibility index (Phi) is 5.47. The van der Waals surface area contributed by atoms with Crippen molar-refractivity contribution >= 4 is 5.91 Å². The fourth-order valence-electron chi connectivity index (χ4n) is 4.22. The molecule has 2 saturated heterocycles. The van der Waals surface area contributed by atoms with E-state index in [1.807, 2.05) is 18.0 Å². The summed E-state index contributed by atoms with van der Waals surface area (Å²) in [5, 5.41) is 3.36. The molecule has 2 atom stereocenters. The van der Waals surface area contributed by atoms with Crippen molar-refractivity contribution in [2.24, 2.45) is 0 Å². The van der Waals surface area contributed by atoms with Crippen LogP contribution < -0.4 is 5.32 Å². The summed E-state index contributed by atoms with van der Waals surface area (Å²) in [5.74, 6) is 1.41. The number of rotatable bonds is 3. The molecule has 142 valence electrons. The molecule has 4 rings (SSSR count). The molecule has 1 N–H and O–H groups in total. The van der Waals surface area contributed by atoms with Crippen molar-refractivity contribution in [2.45, 2.75) is 44.7 Å². The smallest absolute Gasteiger partial charge is 0.239 e. The van der Waals surface area contributed by atoms with E-state index in [4.69, 9.17) is 9.72 Å². The van der Waals surface area contributed by atoms with Gasteiger partial charge in [-0.2, -0.15) is 0 Å². The first-order chi connectivity index (χ1) is 12.7. The minimum Gasteiger partial charge on any atom is -0.379 e. The molecule has 0 aromatic carbocycles. The summed E-state index contributed by atoms with van der Waals surface area (Å²) < 4.78 is 5.41. The Morgan fingerprint density at radius 2 is 2.19 bits per heavy atom. The zero-order valence-corrected chi connectivity index (χ0v) is 15.6. The van der Waals surface area contributed by atoms with Gasteiger partial charge in [0.1, 0.15) is 5.82 Å². The summed E-state index contributed by atoms with van der Waals surface area (Å²) in [6, 6.07) is -0.0758. The van der Waals surface area contributed by atoms with E-state index in [0.29, 0.717) is 0 Å². The maximum absolute atomic E-state index is 13.0. The molecule has 2 unspecified atom stereocenters. The number of amides is 1. The summed E-state index contributed by atoms with van der Waals surface area (Å²) >= 11 is 0. The van der Waals surface area contributed by atoms with Crippen molar-refractivity contribution in [1.82, 2.24) is 25.1 Å². The number of hydrogen-bond acceptors (Lipinski definition) is 6. The van der Waals surface area contributed by atoms with E-state index in [9.17, 15) is 4.79 Å². The van der Waals surface area contributed by atoms with Gasteiger partial charge in [0, 0.05) is 69.1 Å². The van der Waals surface area contributed by atoms with Crippen LogP contribution in [0.15, 0.2) is 6.20 Å². The van der Waals surface area contributed by atoms with Crippen molar-refractivity contribution in [3.8, 4) is 0 Å². The Morgan fingerprint density at radius 3 is 3.04 bits per heavy atom. The van der Waals surface area contributed by atoms with Crippen molar-refractivity contribution in [3.05, 3.63) is 23.3 Å². The van der Waals surface area contributed by atoms with Gasteiger partial charge in [-0.3, -0.25) is 9.69 Å². The number of carbonyl (C=O) groups excluding carboxylic acids is 1. The summed E-state index contributed by atoms with van der Waals surface area (Å²) in [5.41, 5.74) is 2.39. The standard InChI is InChI=1S/C19H29N5O2/c1-14(23-7-9-26-10-8-23)19(25)24-6-2-3-15(13-24)18-21-12-16-11-20-5-4-17(16)22-18/h12,14-15,20H,2-11,13H2,1H3. The average molecular weight is 359 g/mol. The lowest BCUT2D eigenvalue weighted by molar-refractivity contribution is -0.139. The van der Waals surface area contributed by atoms with Gasteiger partial charge < -0.3 is 15.0 Å². The number of likely N-dealkylation sites (tertiary alicyclic amines) is 1. The molecular weight excluding hydrogens is 330 g/mol. The number of hydrogen-bond donors (Lipinski definition) is 1. The molecule has 2 fully saturated rings. The molecule has 0 bridgehead atoms. The molecule has 1 aromatic rings. The SMILES string of the molecule is CC(C(=O)N1CCCC(c2ncc3c(n2)CCNC3)C1)N1CCOCC1. The van der Waals surface area contributed by atoms with Gasteiger partial charge in [0.2, 0.25) is 5.91 Å². The zero-order valence-electron chi connectivity index (χ0n) is 15.6. The topological polar surface area (TPSA) is 70.6 Å². The predicted octanol–water partition coefficient (Wildman–Crippen LogP) is 0.549. The second-order valence-electron chi connectivity index (χ2n) is 7.57. The summed E-state index contributed by atoms with van der Waals surface area (Å²) in [7, 11) is 0. The third kappa shape index (κ3) is 3.75. The molecule has 4 heterocycles. The number of fused-ring (bicyclic) bond motifs is 1. The second kappa shape index (κ2) is 7.98. The fraction of sp³-hybridized carbons (Fsp3) is 0.737. The lowest BCUT2D eigenvalue weighted by Crippen LogP contribution is -2.52. The molecule has 7 nitrogen and oxygen atoms in total. The Morgan fingerprint density at radius 1 is 1.35 bits per heavy atom. The maximum atomic E-state index is 13.0. The lowest BCUT2D eigenvalue weighted by Gasteiger charge is -2.38. The Hall–Kier alpha value is -1.57. The van der Waals surface area contributed by atoms with Crippen LogP contribution >= 0.6 is 0 Å². The predicted molar refractivity (Wildman–Crippen MR) is 97.9 cm³/mol. The highest BCUT2D eigenvalue weighted by molar-refractivity contribution is 5.81. The monoisotopic (exact) mass is 359 g/mol. The third-order valence-corrected chi connectivity index (χ3v) is 5.88. The minimum absolute atomic E-state index is 0.0758. The summed E-state index contributed by atoms with van der Waals surface area (Å²) in [6.07, 6.45) is 5.02. The van der Waals surface area contributed by atoms with Crippen LogP contribution in [0, 0.1) is 0 Å². The van der Waals surface area contributed by atoms with Crippen LogP contribution in [0.1, 0.15) is 42.8 Å². The van der Waals surface area contributed by atoms with Gasteiger partial charge in [0.15, 0.2) is 0 Å². The van der Waals surface area contributed by atoms with Gasteiger partial charge in [0.25, 0.3) is 0 Å². The number of carbonyl (C=O) groups is 1. The molecule has 0 saturated carbocycles. The van der Waals surface area contributed by atoms with E-state index < -0.39 is 0 Å². The van der Waals surface area contributed by atoms with Gasteiger partial charge in [-0.25, -0.2) is 9.97 Å². The molecule has 7 heteroatoms. The third-order valence-electron chi connectivity index (χ3n) is 5.88. The van der Waals surface area contributed by atoms with Gasteiger partial charge >= 0.3 is 0 Å². The van der Waals surface area contributed by atoms with E-state index in [1.54, 1.807) is 0 Å². The molecule has 0 spiro atoms. The molecule has 0 aliphatic carbocycles. The molecule has 0 radical (unpaired) electrons. The number of aromatic nitrogens is 2. The normalized spacial score (nSPS) is 25.6. The van der Waals surface area contributed by atoms with E-state index in [0.717, 1.165) is 77.6 Å². The molecule has 1 amide bonds. The Labute approximate surface area is 155 Å². The van der Waals surface area contributed by atoms with E-state index in [-0.39, 0.29) is 17.9 Å². The fourth-order valence-corrected chi connectivity index (χ4v) is 4.22. The van der Waals surface area contributed by atoms with Crippen molar-refractivity contribution in [1.29, 1.82) is 0 Å². The zero-order chi connectivity index (χ0) is 17.9. The number of nitrogens with one attached hydrogen (secondary N) is 1. The first kappa shape index (κ1) is 17.8. The van der Waals surface area contributed by atoms with Crippen LogP contribution in [0.5, 0.6) is 0 Å². The van der Waals surface area contributed by atoms with Gasteiger partial charge in [-0.05, 0) is 19.8 Å². The number of ether oxygens (including phenoxy) is 1. The van der Waals surface area contributed by atoms with Crippen molar-refractivity contribution < 1.29 is 9.53 Å². The minimum atomic E-state index is -0.0758. The number of nitrogens with zero attached hydrogens (tertiary/aromatic N) is 4. The number of piperidine rings is 1. The molecule has 1 aromatic heterocycles. The van der Waals surface area contributed by atoms with Crippen LogP contribution in [-0.2, 0) is 22.5 Å². The van der Waals surface area contributed by atoms with Gasteiger partial charge in [0.05, 0.1) is 19.3 Å². The van der Waals surface area contributed by atoms with Gasteiger partial charge in [-0.1, -0.05) is 0 Å². The van der Waals surface area contributed by atoms with Crippen molar-refractivity contribution in [2.75, 3.05) is 45.9 Å². The molecule has 26 heavy (non-hydrogen) atoms. The quantitative estimate of drug-likeness (QED) is 0.850. The summed E-state index contributed by atoms with van der Waals surface area (Å²) in [4.78, 5) is 26.7. The highest BCUT2D eigenvalue weighted by atomic mass is 16.5. The molecule has 3 aliphatic rings. The molecule has 3 aliphatic heterocycles. The van der Waals surface area contributed by atoms with Crippen LogP contribution in [-0.4, -0.2) is 77.7 Å². The second-order valence-corrected chi connectivity index (χ2v) is 7.57. The number of morpholine rings is 1. The largest absolute Gasteiger partial charge is 0.379 e. The summed E-state index contributed by atoms with van der Waals surface area (Å²) in [6.45, 7) is 8.58. The lowest BCUT2D eigenvalue weighted by atomic mass is 9.96. The highest BCUT2D eigenvalue weighted by Crippen LogP contribution is 2.26. The first-order valence-corrected chi connectivity index (χ1v) is 9.88. The first-order valence-electron chi connectivity index (χ1n) is 9.88. The van der Waals surface area contributed by atoms with Crippen molar-refractivity contribution in [3.63, 3.8) is 0 Å². The maximum Gasteiger partial charge on any atom is 0.239 e. The van der Waals surface area contributed by atoms with Crippen LogP contribution in [0.25, 0.3) is 0 Å². The van der Waals surface area contributed by atoms with E-state index in [2.05, 4.69) is 15.2 Å². The van der Waals surface area contributed by atoms with Crippen LogP contribution in [0.2, 0.25) is 0 Å². The van der Waals surface area contributed by atoms with E-state index in [1.165, 1.54) is 11.3 Å². The Balaban J connectivity index is 1.43. The Bertz CT molecular complexity index is 647. The van der Waals surface area contributed by atoms with Crippen LogP contribution in [0.3, 0.4) is 0 Å². The van der Waals surface area contributed by atoms with Crippen LogP contribution in [0.4, 0.5) is 0 Å².